The molecule has 3 rings (SSSR count). The molecule has 1 amide bonds. The normalized spacial score (nSPS) is 17.3. The van der Waals surface area contributed by atoms with Crippen molar-refractivity contribution in [2.24, 2.45) is 5.41 Å². The molecule has 1 aliphatic rings. The Kier molecular flexibility index (Phi) is 6.81. The fourth-order valence-electron chi connectivity index (χ4n) is 3.84. The molecule has 0 bridgehead atoms. The Balaban J connectivity index is 1.65. The molecule has 2 unspecified atom stereocenters. The number of amides is 1. The summed E-state index contributed by atoms with van der Waals surface area (Å²) in [6.07, 6.45) is 4.95. The summed E-state index contributed by atoms with van der Waals surface area (Å²) in [7, 11) is 0. The Hall–Kier alpha value is -2.32. The van der Waals surface area contributed by atoms with Gasteiger partial charge in [0.15, 0.2) is 0 Å². The Bertz CT molecular complexity index is 898. The van der Waals surface area contributed by atoms with Crippen LogP contribution >= 0.6 is 0 Å². The van der Waals surface area contributed by atoms with Crippen LogP contribution in [0.25, 0.3) is 0 Å². The number of hydrogen-bond acceptors (Lipinski definition) is 4. The first-order valence-corrected chi connectivity index (χ1v) is 10.6. The number of aliphatic hydroxyl groups is 1. The van der Waals surface area contributed by atoms with Gasteiger partial charge < -0.3 is 15.7 Å². The van der Waals surface area contributed by atoms with E-state index in [0.29, 0.717) is 5.56 Å². The number of aliphatic hydroxyl groups excluding tert-OH is 1. The lowest BCUT2D eigenvalue weighted by atomic mass is 9.97. The quantitative estimate of drug-likeness (QED) is 0.567. The summed E-state index contributed by atoms with van der Waals surface area (Å²) in [5.74, 6) is -1.69. The van der Waals surface area contributed by atoms with Crippen LogP contribution < -0.4 is 10.6 Å². The fraction of sp³-hybridized carbons (Fsp3) is 0.565. The molecular formula is C23H32F2N4O2. The van der Waals surface area contributed by atoms with E-state index in [1.54, 1.807) is 0 Å². The molecule has 0 spiro atoms. The molecule has 0 aliphatic heterocycles. The highest BCUT2D eigenvalue weighted by molar-refractivity contribution is 5.73. The number of rotatable bonds is 9. The van der Waals surface area contributed by atoms with Gasteiger partial charge in [0, 0.05) is 43.4 Å². The van der Waals surface area contributed by atoms with E-state index >= 15 is 0 Å². The minimum atomic E-state index is -0.933. The van der Waals surface area contributed by atoms with E-state index < -0.39 is 23.8 Å². The molecule has 0 saturated heterocycles. The van der Waals surface area contributed by atoms with Crippen LogP contribution in [0.15, 0.2) is 30.6 Å². The lowest BCUT2D eigenvalue weighted by molar-refractivity contribution is -0.120. The van der Waals surface area contributed by atoms with Crippen molar-refractivity contribution in [3.63, 3.8) is 0 Å². The predicted octanol–water partition coefficient (Wildman–Crippen LogP) is 2.89. The van der Waals surface area contributed by atoms with E-state index in [0.717, 1.165) is 31.0 Å². The minimum Gasteiger partial charge on any atom is -0.390 e. The molecule has 1 aromatic heterocycles. The van der Waals surface area contributed by atoms with Crippen molar-refractivity contribution >= 4 is 5.91 Å². The second kappa shape index (κ2) is 9.04. The second-order valence-corrected chi connectivity index (χ2v) is 9.81. The third kappa shape index (κ3) is 6.58. The zero-order chi connectivity index (χ0) is 22.8. The maximum absolute atomic E-state index is 13.5. The monoisotopic (exact) mass is 434 g/mol. The molecule has 6 nitrogen and oxygen atoms in total. The van der Waals surface area contributed by atoms with Gasteiger partial charge in [0.2, 0.25) is 5.91 Å². The van der Waals surface area contributed by atoms with Gasteiger partial charge in [-0.15, -0.1) is 0 Å². The first-order chi connectivity index (χ1) is 14.5. The summed E-state index contributed by atoms with van der Waals surface area (Å²) in [4.78, 5) is 11.6. The predicted molar refractivity (Wildman–Crippen MR) is 114 cm³/mol. The van der Waals surface area contributed by atoms with Crippen molar-refractivity contribution in [3.05, 3.63) is 53.4 Å². The van der Waals surface area contributed by atoms with Crippen LogP contribution in [0.4, 0.5) is 8.78 Å². The number of halogens is 2. The van der Waals surface area contributed by atoms with Crippen molar-refractivity contribution in [3.8, 4) is 0 Å². The minimum absolute atomic E-state index is 0.117. The fourth-order valence-corrected chi connectivity index (χ4v) is 3.84. The molecule has 3 N–H and O–H groups in total. The van der Waals surface area contributed by atoms with Crippen LogP contribution in [0.2, 0.25) is 0 Å². The van der Waals surface area contributed by atoms with Gasteiger partial charge >= 0.3 is 0 Å². The third-order valence-corrected chi connectivity index (χ3v) is 5.45. The Morgan fingerprint density at radius 3 is 2.45 bits per heavy atom. The second-order valence-electron chi connectivity index (χ2n) is 9.81. The van der Waals surface area contributed by atoms with Gasteiger partial charge in [-0.05, 0) is 42.4 Å². The molecule has 31 heavy (non-hydrogen) atoms. The number of hydrogen-bond donors (Lipinski definition) is 3. The highest BCUT2D eigenvalue weighted by Gasteiger charge is 2.45. The highest BCUT2D eigenvalue weighted by atomic mass is 19.1. The van der Waals surface area contributed by atoms with Crippen LogP contribution in [0.5, 0.6) is 0 Å². The number of nitrogens with zero attached hydrogens (tertiary/aromatic N) is 2. The summed E-state index contributed by atoms with van der Waals surface area (Å²) < 4.78 is 29.0. The lowest BCUT2D eigenvalue weighted by Crippen LogP contribution is -2.49. The number of nitrogens with one attached hydrogen (secondary N) is 2. The van der Waals surface area contributed by atoms with Gasteiger partial charge in [0.25, 0.3) is 0 Å². The number of benzene rings is 1. The zero-order valence-electron chi connectivity index (χ0n) is 18.6. The average Bonchev–Trinajstić information content (AvgIpc) is 3.28. The Morgan fingerprint density at radius 2 is 1.90 bits per heavy atom. The summed E-state index contributed by atoms with van der Waals surface area (Å²) in [5.41, 5.74) is 1.33. The molecule has 1 aliphatic carbocycles. The van der Waals surface area contributed by atoms with E-state index in [2.05, 4.69) is 36.5 Å². The first-order valence-electron chi connectivity index (χ1n) is 10.6. The van der Waals surface area contributed by atoms with Crippen molar-refractivity contribution in [1.29, 1.82) is 0 Å². The van der Waals surface area contributed by atoms with Gasteiger partial charge in [0.1, 0.15) is 11.6 Å². The summed E-state index contributed by atoms with van der Waals surface area (Å²) in [6, 6.07) is 2.55. The Morgan fingerprint density at radius 1 is 1.26 bits per heavy atom. The molecule has 1 aromatic carbocycles. The average molecular weight is 435 g/mol. The molecule has 170 valence electrons. The maximum atomic E-state index is 13.5. The molecule has 8 heteroatoms. The summed E-state index contributed by atoms with van der Waals surface area (Å²) in [5, 5.41) is 21.4. The van der Waals surface area contributed by atoms with Gasteiger partial charge in [-0.1, -0.05) is 20.8 Å². The van der Waals surface area contributed by atoms with Crippen LogP contribution in [0, 0.1) is 17.0 Å². The molecule has 0 radical (unpaired) electrons. The van der Waals surface area contributed by atoms with Gasteiger partial charge in [-0.3, -0.25) is 9.48 Å². The van der Waals surface area contributed by atoms with Gasteiger partial charge in [0.05, 0.1) is 18.3 Å². The van der Waals surface area contributed by atoms with Crippen LogP contribution in [0.3, 0.4) is 0 Å². The maximum Gasteiger partial charge on any atom is 0.217 e. The summed E-state index contributed by atoms with van der Waals surface area (Å²) >= 11 is 0. The van der Waals surface area contributed by atoms with E-state index in [1.165, 1.54) is 19.1 Å². The number of aromatic nitrogens is 2. The van der Waals surface area contributed by atoms with Crippen molar-refractivity contribution in [1.82, 2.24) is 20.4 Å². The van der Waals surface area contributed by atoms with Crippen molar-refractivity contribution in [2.75, 3.05) is 6.54 Å². The smallest absolute Gasteiger partial charge is 0.217 e. The van der Waals surface area contributed by atoms with Crippen molar-refractivity contribution < 1.29 is 18.7 Å². The van der Waals surface area contributed by atoms with Crippen molar-refractivity contribution in [2.45, 2.75) is 71.2 Å². The topological polar surface area (TPSA) is 79.2 Å². The zero-order valence-corrected chi connectivity index (χ0v) is 18.6. The van der Waals surface area contributed by atoms with E-state index in [9.17, 15) is 18.7 Å². The molecule has 1 heterocycles. The molecule has 1 saturated carbocycles. The molecule has 2 atom stereocenters. The number of carbonyl (C=O) groups excluding carboxylic acids is 1. The van der Waals surface area contributed by atoms with Crippen LogP contribution in [0.1, 0.15) is 51.7 Å². The van der Waals surface area contributed by atoms with E-state index in [1.807, 2.05) is 17.1 Å². The van der Waals surface area contributed by atoms with E-state index in [-0.39, 0.29) is 29.8 Å². The third-order valence-electron chi connectivity index (χ3n) is 5.45. The number of carbonyl (C=O) groups is 1. The molecule has 1 fully saturated rings. The highest BCUT2D eigenvalue weighted by Crippen LogP contribution is 2.45. The van der Waals surface area contributed by atoms with E-state index in [4.69, 9.17) is 0 Å². The lowest BCUT2D eigenvalue weighted by Gasteiger charge is -2.26. The largest absolute Gasteiger partial charge is 0.390 e. The SMILES string of the molecule is CC(=O)NC(Cc1cc(F)cc(F)c1)C(O)CNC1(c2cnn(CC(C)(C)C)c2)CC1. The standard InChI is InChI=1S/C23H32F2N4O2/c1-15(30)28-20(9-16-7-18(24)10-19(25)8-16)21(31)12-26-23(5-6-23)17-11-27-29(13-17)14-22(2,3)4/h7-8,10-11,13,20-21,26,31H,5-6,9,12,14H2,1-4H3,(H,28,30). The molecule has 2 aromatic rings. The summed E-state index contributed by atoms with van der Waals surface area (Å²) in [6.45, 7) is 8.85. The van der Waals surface area contributed by atoms with Gasteiger partial charge in [-0.2, -0.15) is 5.10 Å². The first kappa shape index (κ1) is 23.3. The van der Waals surface area contributed by atoms with Gasteiger partial charge in [-0.25, -0.2) is 8.78 Å². The Labute approximate surface area is 182 Å². The van der Waals surface area contributed by atoms with Crippen LogP contribution in [-0.2, 0) is 23.3 Å². The molecular weight excluding hydrogens is 402 g/mol. The van der Waals surface area contributed by atoms with Crippen LogP contribution in [-0.4, -0.2) is 39.5 Å².